The molecule has 0 spiro atoms. The highest BCUT2D eigenvalue weighted by atomic mass is 35.5. The van der Waals surface area contributed by atoms with Crippen molar-refractivity contribution in [2.75, 3.05) is 29.5 Å². The fourth-order valence-corrected chi connectivity index (χ4v) is 2.94. The lowest BCUT2D eigenvalue weighted by Gasteiger charge is -2.15. The number of rotatable bonds is 2. The maximum atomic E-state index is 11.4. The van der Waals surface area contributed by atoms with Crippen LogP contribution in [0.4, 0.5) is 6.01 Å². The molecule has 1 aliphatic heterocycles. The molecular formula is C8H12ClN3O3S. The number of nitrogens with zero attached hydrogens (tertiary/aromatic N) is 3. The van der Waals surface area contributed by atoms with Crippen LogP contribution in [0.15, 0.2) is 4.42 Å². The molecule has 2 heterocycles. The van der Waals surface area contributed by atoms with Crippen molar-refractivity contribution in [3.8, 4) is 0 Å². The highest BCUT2D eigenvalue weighted by molar-refractivity contribution is 7.91. The monoisotopic (exact) mass is 265 g/mol. The Kier molecular flexibility index (Phi) is 3.34. The van der Waals surface area contributed by atoms with Crippen LogP contribution in [0.3, 0.4) is 0 Å². The summed E-state index contributed by atoms with van der Waals surface area (Å²) in [5.41, 5.74) is 0. The third-order valence-corrected chi connectivity index (χ3v) is 4.34. The average molecular weight is 266 g/mol. The van der Waals surface area contributed by atoms with Gasteiger partial charge in [0, 0.05) is 13.1 Å². The Labute approximate surface area is 98.5 Å². The normalized spacial score (nSPS) is 20.7. The van der Waals surface area contributed by atoms with Gasteiger partial charge in [0.25, 0.3) is 0 Å². The molecule has 2 rings (SSSR count). The van der Waals surface area contributed by atoms with Crippen LogP contribution < -0.4 is 4.90 Å². The van der Waals surface area contributed by atoms with Gasteiger partial charge in [-0.1, -0.05) is 5.10 Å². The van der Waals surface area contributed by atoms with Gasteiger partial charge in [-0.2, -0.15) is 0 Å². The second-order valence-electron chi connectivity index (χ2n) is 3.60. The summed E-state index contributed by atoms with van der Waals surface area (Å²) >= 11 is 5.55. The van der Waals surface area contributed by atoms with Crippen LogP contribution in [-0.2, 0) is 15.7 Å². The van der Waals surface area contributed by atoms with Crippen molar-refractivity contribution in [2.24, 2.45) is 0 Å². The molecule has 16 heavy (non-hydrogen) atoms. The molecule has 1 aromatic heterocycles. The summed E-state index contributed by atoms with van der Waals surface area (Å²) in [5, 5.41) is 7.57. The summed E-state index contributed by atoms with van der Waals surface area (Å²) in [6, 6.07) is 0.354. The highest BCUT2D eigenvalue weighted by Crippen LogP contribution is 2.16. The van der Waals surface area contributed by atoms with Crippen molar-refractivity contribution in [3.05, 3.63) is 5.89 Å². The maximum Gasteiger partial charge on any atom is 0.318 e. The molecule has 1 aliphatic rings. The van der Waals surface area contributed by atoms with Gasteiger partial charge < -0.3 is 9.32 Å². The zero-order chi connectivity index (χ0) is 11.6. The van der Waals surface area contributed by atoms with E-state index in [2.05, 4.69) is 10.2 Å². The number of sulfone groups is 1. The minimum absolute atomic E-state index is 0.131. The first-order chi connectivity index (χ1) is 7.61. The van der Waals surface area contributed by atoms with Crippen molar-refractivity contribution in [1.82, 2.24) is 10.2 Å². The van der Waals surface area contributed by atoms with Crippen LogP contribution in [0.5, 0.6) is 0 Å². The number of hydrogen-bond acceptors (Lipinski definition) is 6. The quantitative estimate of drug-likeness (QED) is 0.722. The first-order valence-corrected chi connectivity index (χ1v) is 7.30. The Bertz CT molecular complexity index is 459. The van der Waals surface area contributed by atoms with E-state index < -0.39 is 9.84 Å². The van der Waals surface area contributed by atoms with Crippen molar-refractivity contribution >= 4 is 27.5 Å². The molecule has 6 nitrogen and oxygen atoms in total. The molecular weight excluding hydrogens is 254 g/mol. The lowest BCUT2D eigenvalue weighted by molar-refractivity contribution is 0.501. The molecule has 0 aliphatic carbocycles. The average Bonchev–Trinajstić information content (AvgIpc) is 2.64. The molecule has 1 fully saturated rings. The SMILES string of the molecule is O=S1(=O)CCCN(c2nnc(CCl)o2)CC1. The number of aromatic nitrogens is 2. The smallest absolute Gasteiger partial charge is 0.318 e. The lowest BCUT2D eigenvalue weighted by Crippen LogP contribution is -2.26. The van der Waals surface area contributed by atoms with E-state index in [0.29, 0.717) is 31.4 Å². The van der Waals surface area contributed by atoms with Gasteiger partial charge in [0.2, 0.25) is 5.89 Å². The van der Waals surface area contributed by atoms with Crippen LogP contribution in [0.2, 0.25) is 0 Å². The maximum absolute atomic E-state index is 11.4. The fourth-order valence-electron chi connectivity index (χ4n) is 1.56. The van der Waals surface area contributed by atoms with E-state index >= 15 is 0 Å². The minimum atomic E-state index is -2.92. The summed E-state index contributed by atoms with van der Waals surface area (Å²) in [7, 11) is -2.92. The lowest BCUT2D eigenvalue weighted by atomic mass is 10.4. The summed E-state index contributed by atoms with van der Waals surface area (Å²) in [6.45, 7) is 1.01. The first-order valence-electron chi connectivity index (χ1n) is 4.94. The molecule has 8 heteroatoms. The van der Waals surface area contributed by atoms with E-state index in [-0.39, 0.29) is 17.4 Å². The Morgan fingerprint density at radius 2 is 2.12 bits per heavy atom. The summed E-state index contributed by atoms with van der Waals surface area (Å²) in [6.07, 6.45) is 0.584. The molecule has 0 radical (unpaired) electrons. The Balaban J connectivity index is 2.10. The second kappa shape index (κ2) is 4.58. The van der Waals surface area contributed by atoms with Crippen LogP contribution in [-0.4, -0.2) is 43.2 Å². The Morgan fingerprint density at radius 1 is 1.31 bits per heavy atom. The molecule has 1 aromatic rings. The largest absolute Gasteiger partial charge is 0.407 e. The van der Waals surface area contributed by atoms with Crippen molar-refractivity contribution in [2.45, 2.75) is 12.3 Å². The van der Waals surface area contributed by atoms with Gasteiger partial charge in [-0.05, 0) is 6.42 Å². The number of alkyl halides is 1. The number of halogens is 1. The van der Waals surface area contributed by atoms with E-state index in [1.807, 2.05) is 0 Å². The van der Waals surface area contributed by atoms with Crippen LogP contribution in [0.25, 0.3) is 0 Å². The van der Waals surface area contributed by atoms with Gasteiger partial charge in [-0.15, -0.1) is 16.7 Å². The zero-order valence-corrected chi connectivity index (χ0v) is 10.2. The summed E-state index contributed by atoms with van der Waals surface area (Å²) in [4.78, 5) is 1.79. The third-order valence-electron chi connectivity index (χ3n) is 2.40. The summed E-state index contributed by atoms with van der Waals surface area (Å²) < 4.78 is 28.1. The van der Waals surface area contributed by atoms with Crippen molar-refractivity contribution < 1.29 is 12.8 Å². The molecule has 0 unspecified atom stereocenters. The minimum Gasteiger partial charge on any atom is -0.407 e. The van der Waals surface area contributed by atoms with Crippen LogP contribution in [0.1, 0.15) is 12.3 Å². The predicted octanol–water partition coefficient (Wildman–Crippen LogP) is 0.433. The number of anilines is 1. The van der Waals surface area contributed by atoms with E-state index in [9.17, 15) is 8.42 Å². The van der Waals surface area contributed by atoms with E-state index in [1.165, 1.54) is 0 Å². The Morgan fingerprint density at radius 3 is 2.81 bits per heavy atom. The molecule has 90 valence electrons. The summed E-state index contributed by atoms with van der Waals surface area (Å²) in [5.74, 6) is 0.869. The topological polar surface area (TPSA) is 76.3 Å². The second-order valence-corrected chi connectivity index (χ2v) is 6.18. The fraction of sp³-hybridized carbons (Fsp3) is 0.750. The van der Waals surface area contributed by atoms with Gasteiger partial charge in [-0.25, -0.2) is 8.42 Å². The van der Waals surface area contributed by atoms with Gasteiger partial charge in [0.15, 0.2) is 9.84 Å². The van der Waals surface area contributed by atoms with E-state index in [4.69, 9.17) is 16.0 Å². The van der Waals surface area contributed by atoms with Gasteiger partial charge in [0.1, 0.15) is 5.88 Å². The van der Waals surface area contributed by atoms with Crippen LogP contribution in [0, 0.1) is 0 Å². The standard InChI is InChI=1S/C8H12ClN3O3S/c9-6-7-10-11-8(15-7)12-2-1-4-16(13,14)5-3-12/h1-6H2. The molecule has 0 N–H and O–H groups in total. The zero-order valence-electron chi connectivity index (χ0n) is 8.60. The molecule has 0 bridgehead atoms. The number of hydrogen-bond donors (Lipinski definition) is 0. The molecule has 0 aromatic carbocycles. The third kappa shape index (κ3) is 2.65. The molecule has 0 saturated carbocycles. The first kappa shape index (κ1) is 11.7. The van der Waals surface area contributed by atoms with Gasteiger partial charge >= 0.3 is 6.01 Å². The van der Waals surface area contributed by atoms with Crippen LogP contribution >= 0.6 is 11.6 Å². The van der Waals surface area contributed by atoms with E-state index in [1.54, 1.807) is 4.90 Å². The Hall–Kier alpha value is -0.820. The van der Waals surface area contributed by atoms with Gasteiger partial charge in [-0.3, -0.25) is 0 Å². The van der Waals surface area contributed by atoms with Gasteiger partial charge in [0.05, 0.1) is 11.5 Å². The predicted molar refractivity (Wildman–Crippen MR) is 59.3 cm³/mol. The molecule has 0 atom stereocenters. The highest BCUT2D eigenvalue weighted by Gasteiger charge is 2.22. The molecule has 1 saturated heterocycles. The van der Waals surface area contributed by atoms with Crippen molar-refractivity contribution in [1.29, 1.82) is 0 Å². The van der Waals surface area contributed by atoms with Crippen molar-refractivity contribution in [3.63, 3.8) is 0 Å². The van der Waals surface area contributed by atoms with E-state index in [0.717, 1.165) is 0 Å². The molecule has 0 amide bonds.